The minimum atomic E-state index is 0.656. The van der Waals surface area contributed by atoms with E-state index in [1.807, 2.05) is 12.1 Å². The fraction of sp³-hybridized carbons (Fsp3) is 0. The second-order valence-electron chi connectivity index (χ2n) is 14.7. The SMILES string of the molecule is N#Cc1ccc(-c2c3c(cc4c5cc6ccccc6c6cc(N(c7ccccc7)c7ccccc7)cc(c24)c65)cc2c4ccccc4c4cccc3c42)cc1. The average Bonchev–Trinajstić information content (AvgIpc) is 3.74. The summed E-state index contributed by atoms with van der Waals surface area (Å²) in [4.78, 5) is 2.38. The van der Waals surface area contributed by atoms with Crippen molar-refractivity contribution in [1.82, 2.24) is 0 Å². The number of hydrogen-bond acceptors (Lipinski definition) is 2. The highest BCUT2D eigenvalue weighted by molar-refractivity contribution is 6.43. The molecular weight excluding hydrogens is 665 g/mol. The second-order valence-corrected chi connectivity index (χ2v) is 14.7. The summed E-state index contributed by atoms with van der Waals surface area (Å²) in [5.41, 5.74) is 6.29. The standard InChI is InChI=1S/C53H30N2/c54-31-32-22-24-33(25-23-32)50-49-35(27-44-41-19-10-9-18-40(41)42-20-11-21-43(49)51(42)44)28-46-45-26-34-12-7-8-17-39(34)47-29-38(30-48(52(45)47)53(46)50)55(36-13-3-1-4-14-36)37-15-5-2-6-16-37/h1-30H. The highest BCUT2D eigenvalue weighted by Crippen LogP contribution is 2.53. The molecule has 12 aromatic carbocycles. The Hall–Kier alpha value is -7.47. The number of rotatable bonds is 4. The Balaban J connectivity index is 1.33. The monoisotopic (exact) mass is 694 g/mol. The van der Waals surface area contributed by atoms with Gasteiger partial charge < -0.3 is 4.90 Å². The first-order chi connectivity index (χ1) is 27.2. The lowest BCUT2D eigenvalue weighted by molar-refractivity contribution is 1.29. The van der Waals surface area contributed by atoms with Gasteiger partial charge in [-0.2, -0.15) is 5.26 Å². The first-order valence-corrected chi connectivity index (χ1v) is 18.8. The van der Waals surface area contributed by atoms with Crippen molar-refractivity contribution in [2.24, 2.45) is 0 Å². The van der Waals surface area contributed by atoms with E-state index in [-0.39, 0.29) is 0 Å². The maximum Gasteiger partial charge on any atom is 0.0991 e. The molecule has 0 aromatic heterocycles. The van der Waals surface area contributed by atoms with Crippen LogP contribution in [0.5, 0.6) is 0 Å². The molecule has 0 N–H and O–H groups in total. The lowest BCUT2D eigenvalue weighted by atomic mass is 9.88. The van der Waals surface area contributed by atoms with E-state index in [1.54, 1.807) is 0 Å². The molecule has 0 fully saturated rings. The summed E-state index contributed by atoms with van der Waals surface area (Å²) in [6, 6.07) is 68.5. The van der Waals surface area contributed by atoms with Crippen LogP contribution in [0.1, 0.15) is 5.56 Å². The fourth-order valence-corrected chi connectivity index (χ4v) is 9.63. The summed E-state index contributed by atoms with van der Waals surface area (Å²) in [5, 5.41) is 30.0. The van der Waals surface area contributed by atoms with Crippen molar-refractivity contribution in [2.75, 3.05) is 4.90 Å². The molecule has 0 radical (unpaired) electrons. The van der Waals surface area contributed by atoms with Gasteiger partial charge in [-0.25, -0.2) is 0 Å². The van der Waals surface area contributed by atoms with E-state index in [0.29, 0.717) is 5.56 Å². The quantitative estimate of drug-likeness (QED) is 0.172. The number of anilines is 3. The molecule has 0 heterocycles. The largest absolute Gasteiger partial charge is 0.310 e. The molecule has 2 heteroatoms. The van der Waals surface area contributed by atoms with Crippen molar-refractivity contribution in [1.29, 1.82) is 5.26 Å². The molecule has 252 valence electrons. The number of hydrogen-bond donors (Lipinski definition) is 0. The smallest absolute Gasteiger partial charge is 0.0991 e. The lowest BCUT2D eigenvalue weighted by Gasteiger charge is -2.26. The molecule has 0 bridgehead atoms. The minimum absolute atomic E-state index is 0.656. The van der Waals surface area contributed by atoms with Crippen LogP contribution < -0.4 is 4.90 Å². The first-order valence-electron chi connectivity index (χ1n) is 18.8. The van der Waals surface area contributed by atoms with Crippen LogP contribution in [0, 0.1) is 11.3 Å². The molecule has 55 heavy (non-hydrogen) atoms. The summed E-state index contributed by atoms with van der Waals surface area (Å²) in [6.07, 6.45) is 0. The molecule has 0 unspecified atom stereocenters. The Kier molecular flexibility index (Phi) is 6.15. The minimum Gasteiger partial charge on any atom is -0.310 e. The van der Waals surface area contributed by atoms with E-state index >= 15 is 0 Å². The van der Waals surface area contributed by atoms with Crippen molar-refractivity contribution in [3.05, 3.63) is 188 Å². The van der Waals surface area contributed by atoms with Gasteiger partial charge in [0.15, 0.2) is 0 Å². The predicted octanol–water partition coefficient (Wildman–Crippen LogP) is 14.8. The Morgan fingerprint density at radius 3 is 1.55 bits per heavy atom. The van der Waals surface area contributed by atoms with Gasteiger partial charge in [-0.1, -0.05) is 115 Å². The first kappa shape index (κ1) is 30.0. The van der Waals surface area contributed by atoms with Crippen molar-refractivity contribution < 1.29 is 0 Å². The Morgan fingerprint density at radius 2 is 0.836 bits per heavy atom. The van der Waals surface area contributed by atoms with E-state index in [4.69, 9.17) is 0 Å². The molecule has 0 aliphatic rings. The fourth-order valence-electron chi connectivity index (χ4n) is 9.63. The van der Waals surface area contributed by atoms with E-state index in [1.165, 1.54) is 91.7 Å². The van der Waals surface area contributed by atoms with Gasteiger partial charge in [0.1, 0.15) is 0 Å². The number of benzene rings is 10. The number of fused-ring (bicyclic) bond motifs is 10. The van der Waals surface area contributed by atoms with E-state index < -0.39 is 0 Å². The van der Waals surface area contributed by atoms with Crippen molar-refractivity contribution in [2.45, 2.75) is 0 Å². The zero-order valence-electron chi connectivity index (χ0n) is 29.7. The second kappa shape index (κ2) is 11.3. The van der Waals surface area contributed by atoms with Gasteiger partial charge in [-0.05, 0) is 164 Å². The third-order valence-electron chi connectivity index (χ3n) is 11.9. The number of para-hydroxylation sites is 2. The Labute approximate surface area is 317 Å². The van der Waals surface area contributed by atoms with Crippen molar-refractivity contribution >= 4 is 103 Å². The van der Waals surface area contributed by atoms with Gasteiger partial charge in [0.2, 0.25) is 0 Å². The molecule has 12 aromatic rings. The van der Waals surface area contributed by atoms with Crippen LogP contribution in [0.4, 0.5) is 17.1 Å². The maximum atomic E-state index is 9.85. The summed E-state index contributed by atoms with van der Waals surface area (Å²) in [5.74, 6) is 0. The van der Waals surface area contributed by atoms with Crippen molar-refractivity contribution in [3.63, 3.8) is 0 Å². The average molecular weight is 695 g/mol. The van der Waals surface area contributed by atoms with Gasteiger partial charge in [-0.15, -0.1) is 0 Å². The zero-order valence-corrected chi connectivity index (χ0v) is 29.7. The third kappa shape index (κ3) is 4.18. The molecule has 0 atom stereocenters. The molecule has 0 aliphatic carbocycles. The molecule has 0 amide bonds. The van der Waals surface area contributed by atoms with E-state index in [2.05, 4.69) is 181 Å². The third-order valence-corrected chi connectivity index (χ3v) is 11.9. The Morgan fingerprint density at radius 1 is 0.327 bits per heavy atom. The molecule has 0 aliphatic heterocycles. The van der Waals surface area contributed by atoms with Crippen LogP contribution in [-0.4, -0.2) is 0 Å². The van der Waals surface area contributed by atoms with Crippen LogP contribution >= 0.6 is 0 Å². The maximum absolute atomic E-state index is 9.85. The Bertz CT molecular complexity index is 3490. The molecular formula is C53H30N2. The lowest BCUT2D eigenvalue weighted by Crippen LogP contribution is -2.09. The normalized spacial score (nSPS) is 12.0. The topological polar surface area (TPSA) is 27.0 Å². The van der Waals surface area contributed by atoms with Crippen LogP contribution in [0.3, 0.4) is 0 Å². The molecule has 0 saturated carbocycles. The summed E-state index contributed by atoms with van der Waals surface area (Å²) < 4.78 is 0. The zero-order chi connectivity index (χ0) is 36.2. The highest BCUT2D eigenvalue weighted by atomic mass is 15.1. The number of nitrogens with zero attached hydrogens (tertiary/aromatic N) is 2. The van der Waals surface area contributed by atoms with Crippen molar-refractivity contribution in [3.8, 4) is 17.2 Å². The van der Waals surface area contributed by atoms with Gasteiger partial charge in [0.25, 0.3) is 0 Å². The summed E-state index contributed by atoms with van der Waals surface area (Å²) in [7, 11) is 0. The summed E-state index contributed by atoms with van der Waals surface area (Å²) >= 11 is 0. The molecule has 0 spiro atoms. The highest BCUT2D eigenvalue weighted by Gasteiger charge is 2.25. The molecule has 0 saturated heterocycles. The molecule has 12 rings (SSSR count). The predicted molar refractivity (Wildman–Crippen MR) is 234 cm³/mol. The summed E-state index contributed by atoms with van der Waals surface area (Å²) in [6.45, 7) is 0. The van der Waals surface area contributed by atoms with Gasteiger partial charge in [0.05, 0.1) is 11.6 Å². The van der Waals surface area contributed by atoms with Crippen LogP contribution in [0.25, 0.3) is 97.3 Å². The van der Waals surface area contributed by atoms with Gasteiger partial charge >= 0.3 is 0 Å². The number of nitriles is 1. The van der Waals surface area contributed by atoms with E-state index in [0.717, 1.165) is 22.6 Å². The molecule has 2 nitrogen and oxygen atoms in total. The van der Waals surface area contributed by atoms with Crippen LogP contribution in [0.15, 0.2) is 182 Å². The van der Waals surface area contributed by atoms with E-state index in [9.17, 15) is 5.26 Å². The van der Waals surface area contributed by atoms with Crippen LogP contribution in [-0.2, 0) is 0 Å². The van der Waals surface area contributed by atoms with Crippen LogP contribution in [0.2, 0.25) is 0 Å². The van der Waals surface area contributed by atoms with Gasteiger partial charge in [-0.3, -0.25) is 0 Å². The van der Waals surface area contributed by atoms with Gasteiger partial charge in [0, 0.05) is 17.1 Å².